The van der Waals surface area contributed by atoms with Gasteiger partial charge in [-0.15, -0.1) is 0 Å². The maximum absolute atomic E-state index is 12.1. The van der Waals surface area contributed by atoms with E-state index in [2.05, 4.69) is 17.2 Å². The fourth-order valence-electron chi connectivity index (χ4n) is 1.52. The summed E-state index contributed by atoms with van der Waals surface area (Å²) in [4.78, 5) is 18.0. The van der Waals surface area contributed by atoms with Crippen LogP contribution in [0.15, 0.2) is 18.3 Å². The first kappa shape index (κ1) is 13.5. The minimum absolute atomic E-state index is 0.0286. The molecule has 1 aromatic rings. The predicted molar refractivity (Wildman–Crippen MR) is 70.2 cm³/mol. The van der Waals surface area contributed by atoms with Crippen LogP contribution in [0.4, 0.5) is 5.69 Å². The molecule has 1 rings (SSSR count). The van der Waals surface area contributed by atoms with E-state index in [0.717, 1.165) is 18.7 Å². The minimum Gasteiger partial charge on any atom is -0.385 e. The van der Waals surface area contributed by atoms with Gasteiger partial charge in [-0.1, -0.05) is 6.92 Å². The lowest BCUT2D eigenvalue weighted by atomic mass is 10.2. The first-order valence-electron chi connectivity index (χ1n) is 6.07. The molecule has 0 aliphatic carbocycles. The van der Waals surface area contributed by atoms with E-state index in [-0.39, 0.29) is 11.9 Å². The Kier molecular flexibility index (Phi) is 4.94. The van der Waals surface area contributed by atoms with Crippen molar-refractivity contribution >= 4 is 11.6 Å². The van der Waals surface area contributed by atoms with Gasteiger partial charge in [0, 0.05) is 31.5 Å². The second-order valence-corrected chi connectivity index (χ2v) is 4.13. The third-order valence-corrected chi connectivity index (χ3v) is 2.93. The van der Waals surface area contributed by atoms with Crippen molar-refractivity contribution in [3.8, 4) is 0 Å². The molecule has 0 bridgehead atoms. The summed E-state index contributed by atoms with van der Waals surface area (Å²) in [5.41, 5.74) is 1.43. The summed E-state index contributed by atoms with van der Waals surface area (Å²) in [5, 5.41) is 3.17. The van der Waals surface area contributed by atoms with Gasteiger partial charge >= 0.3 is 0 Å². The highest BCUT2D eigenvalue weighted by Crippen LogP contribution is 2.11. The summed E-state index contributed by atoms with van der Waals surface area (Å²) in [6, 6.07) is 3.89. The first-order valence-corrected chi connectivity index (χ1v) is 6.07. The maximum atomic E-state index is 12.1. The Morgan fingerprint density at radius 2 is 2.24 bits per heavy atom. The lowest BCUT2D eigenvalue weighted by Crippen LogP contribution is -2.35. The second-order valence-electron chi connectivity index (χ2n) is 4.13. The average molecular weight is 235 g/mol. The largest absolute Gasteiger partial charge is 0.385 e. The lowest BCUT2D eigenvalue weighted by molar-refractivity contribution is 0.0734. The molecular weight excluding hydrogens is 214 g/mol. The van der Waals surface area contributed by atoms with E-state index in [1.165, 1.54) is 0 Å². The predicted octanol–water partition coefficient (Wildman–Crippen LogP) is 2.38. The second kappa shape index (κ2) is 6.23. The number of hydrogen-bond donors (Lipinski definition) is 1. The van der Waals surface area contributed by atoms with E-state index in [4.69, 9.17) is 0 Å². The van der Waals surface area contributed by atoms with Gasteiger partial charge in [-0.25, -0.2) is 0 Å². The Hall–Kier alpha value is -1.58. The molecule has 1 unspecified atom stereocenters. The summed E-state index contributed by atoms with van der Waals surface area (Å²) >= 11 is 0. The van der Waals surface area contributed by atoms with Crippen molar-refractivity contribution in [2.75, 3.05) is 18.9 Å². The van der Waals surface area contributed by atoms with Crippen LogP contribution in [0.3, 0.4) is 0 Å². The smallest absolute Gasteiger partial charge is 0.272 e. The van der Waals surface area contributed by atoms with E-state index in [0.29, 0.717) is 5.69 Å². The normalized spacial score (nSPS) is 12.0. The topological polar surface area (TPSA) is 45.2 Å². The number of aromatic nitrogens is 1. The zero-order chi connectivity index (χ0) is 12.8. The van der Waals surface area contributed by atoms with Crippen molar-refractivity contribution < 1.29 is 4.79 Å². The molecule has 1 aromatic heterocycles. The monoisotopic (exact) mass is 235 g/mol. The van der Waals surface area contributed by atoms with E-state index < -0.39 is 0 Å². The molecule has 17 heavy (non-hydrogen) atoms. The van der Waals surface area contributed by atoms with Crippen LogP contribution in [0.25, 0.3) is 0 Å². The Balaban J connectivity index is 2.84. The molecule has 0 saturated carbocycles. The van der Waals surface area contributed by atoms with Gasteiger partial charge in [-0.3, -0.25) is 9.78 Å². The number of anilines is 1. The van der Waals surface area contributed by atoms with E-state index in [9.17, 15) is 4.79 Å². The lowest BCUT2D eigenvalue weighted by Gasteiger charge is -2.23. The molecule has 0 aliphatic rings. The van der Waals surface area contributed by atoms with Crippen LogP contribution in [0.5, 0.6) is 0 Å². The highest BCUT2D eigenvalue weighted by atomic mass is 16.2. The van der Waals surface area contributed by atoms with Gasteiger partial charge in [0.25, 0.3) is 5.91 Å². The number of pyridine rings is 1. The molecular formula is C13H21N3O. The molecule has 4 heteroatoms. The number of nitrogens with zero attached hydrogens (tertiary/aromatic N) is 2. The Morgan fingerprint density at radius 1 is 1.53 bits per heavy atom. The zero-order valence-corrected chi connectivity index (χ0v) is 11.0. The van der Waals surface area contributed by atoms with Crippen LogP contribution in [-0.4, -0.2) is 35.4 Å². The SMILES string of the molecule is CCNc1ccnc(C(=O)N(C)C(C)CC)c1. The molecule has 0 aliphatic heterocycles. The maximum Gasteiger partial charge on any atom is 0.272 e. The quantitative estimate of drug-likeness (QED) is 0.852. The average Bonchev–Trinajstić information content (AvgIpc) is 2.36. The van der Waals surface area contributed by atoms with Gasteiger partial charge in [0.15, 0.2) is 0 Å². The Labute approximate surface area is 103 Å². The zero-order valence-electron chi connectivity index (χ0n) is 11.0. The molecule has 4 nitrogen and oxygen atoms in total. The number of carbonyl (C=O) groups is 1. The Morgan fingerprint density at radius 3 is 2.82 bits per heavy atom. The van der Waals surface area contributed by atoms with Gasteiger partial charge in [-0.05, 0) is 32.4 Å². The van der Waals surface area contributed by atoms with Crippen molar-refractivity contribution in [2.45, 2.75) is 33.2 Å². The van der Waals surface area contributed by atoms with Crippen molar-refractivity contribution in [1.82, 2.24) is 9.88 Å². The number of amides is 1. The molecule has 0 fully saturated rings. The van der Waals surface area contributed by atoms with Crippen molar-refractivity contribution in [2.24, 2.45) is 0 Å². The summed E-state index contributed by atoms with van der Waals surface area (Å²) in [6.45, 7) is 6.95. The van der Waals surface area contributed by atoms with Crippen LogP contribution in [0.2, 0.25) is 0 Å². The number of carbonyl (C=O) groups excluding carboxylic acids is 1. The molecule has 0 radical (unpaired) electrons. The number of nitrogens with one attached hydrogen (secondary N) is 1. The fourth-order valence-corrected chi connectivity index (χ4v) is 1.52. The van der Waals surface area contributed by atoms with Crippen LogP contribution in [0.1, 0.15) is 37.7 Å². The molecule has 0 aromatic carbocycles. The van der Waals surface area contributed by atoms with Crippen LogP contribution < -0.4 is 5.32 Å². The third-order valence-electron chi connectivity index (χ3n) is 2.93. The molecule has 1 atom stereocenters. The molecule has 1 amide bonds. The highest BCUT2D eigenvalue weighted by molar-refractivity contribution is 5.93. The van der Waals surface area contributed by atoms with Crippen LogP contribution in [-0.2, 0) is 0 Å². The summed E-state index contributed by atoms with van der Waals surface area (Å²) in [6.07, 6.45) is 2.60. The Bertz CT molecular complexity index is 379. The summed E-state index contributed by atoms with van der Waals surface area (Å²) in [7, 11) is 1.82. The molecule has 0 spiro atoms. The first-order chi connectivity index (χ1) is 8.10. The van der Waals surface area contributed by atoms with Gasteiger partial charge in [-0.2, -0.15) is 0 Å². The van der Waals surface area contributed by atoms with Crippen molar-refractivity contribution in [1.29, 1.82) is 0 Å². The number of rotatable bonds is 5. The fraction of sp³-hybridized carbons (Fsp3) is 0.538. The molecule has 1 heterocycles. The van der Waals surface area contributed by atoms with Crippen LogP contribution in [0, 0.1) is 0 Å². The van der Waals surface area contributed by atoms with Gasteiger partial charge in [0.1, 0.15) is 5.69 Å². The molecule has 0 saturated heterocycles. The van der Waals surface area contributed by atoms with E-state index in [1.807, 2.05) is 27.0 Å². The van der Waals surface area contributed by atoms with E-state index >= 15 is 0 Å². The summed E-state index contributed by atoms with van der Waals surface area (Å²) in [5.74, 6) is -0.0286. The van der Waals surface area contributed by atoms with Crippen molar-refractivity contribution in [3.63, 3.8) is 0 Å². The van der Waals surface area contributed by atoms with Gasteiger partial charge in [0.2, 0.25) is 0 Å². The van der Waals surface area contributed by atoms with Gasteiger partial charge < -0.3 is 10.2 Å². The molecule has 1 N–H and O–H groups in total. The molecule has 94 valence electrons. The number of hydrogen-bond acceptors (Lipinski definition) is 3. The highest BCUT2D eigenvalue weighted by Gasteiger charge is 2.17. The van der Waals surface area contributed by atoms with Crippen LogP contribution >= 0.6 is 0 Å². The van der Waals surface area contributed by atoms with Crippen molar-refractivity contribution in [3.05, 3.63) is 24.0 Å². The standard InChI is InChI=1S/C13H21N3O/c1-5-10(3)16(4)13(17)12-9-11(14-6-2)7-8-15-12/h7-10H,5-6H2,1-4H3,(H,14,15). The third kappa shape index (κ3) is 3.44. The summed E-state index contributed by atoms with van der Waals surface area (Å²) < 4.78 is 0. The van der Waals surface area contributed by atoms with E-state index in [1.54, 1.807) is 17.2 Å². The minimum atomic E-state index is -0.0286. The van der Waals surface area contributed by atoms with Gasteiger partial charge in [0.05, 0.1) is 0 Å².